The van der Waals surface area contributed by atoms with Gasteiger partial charge in [-0.05, 0) is 70.3 Å². The van der Waals surface area contributed by atoms with E-state index >= 15 is 0 Å². The maximum absolute atomic E-state index is 12.6. The summed E-state index contributed by atoms with van der Waals surface area (Å²) in [5.74, 6) is -0.284. The molecule has 2 heterocycles. The Labute approximate surface area is 223 Å². The van der Waals surface area contributed by atoms with Crippen LogP contribution in [0.2, 0.25) is 0 Å². The van der Waals surface area contributed by atoms with Crippen molar-refractivity contribution >= 4 is 29.2 Å². The summed E-state index contributed by atoms with van der Waals surface area (Å²) in [5.41, 5.74) is 9.06. The molecular formula is C28H37N7O3. The molecule has 2 aromatic rings. The minimum Gasteiger partial charge on any atom is -0.364 e. The SMILES string of the molecule is Cc1nc(C(N)=O)c(Nc2cccc(CCNC(=O)[C@H](C)N(C)C(=O)/C=C/CN3CCC3)c2)nc1C1CC1. The normalized spacial score (nSPS) is 16.1. The van der Waals surface area contributed by atoms with Crippen LogP contribution in [0, 0.1) is 6.92 Å². The molecule has 1 saturated carbocycles. The molecule has 0 unspecified atom stereocenters. The summed E-state index contributed by atoms with van der Waals surface area (Å²) in [7, 11) is 1.64. The number of carbonyl (C=O) groups is 3. The summed E-state index contributed by atoms with van der Waals surface area (Å²) in [5, 5.41) is 6.12. The molecule has 1 aromatic heterocycles. The average molecular weight is 520 g/mol. The van der Waals surface area contributed by atoms with Crippen molar-refractivity contribution < 1.29 is 14.4 Å². The lowest BCUT2D eigenvalue weighted by molar-refractivity contribution is -0.135. The van der Waals surface area contributed by atoms with Crippen LogP contribution < -0.4 is 16.4 Å². The first kappa shape index (κ1) is 27.3. The third kappa shape index (κ3) is 6.95. The number of likely N-dealkylation sites (N-methyl/N-ethyl adjacent to an activating group) is 1. The van der Waals surface area contributed by atoms with Crippen molar-refractivity contribution in [1.29, 1.82) is 0 Å². The second-order valence-electron chi connectivity index (χ2n) is 10.1. The Bertz CT molecular complexity index is 1220. The number of primary amides is 1. The molecule has 1 aliphatic carbocycles. The van der Waals surface area contributed by atoms with Gasteiger partial charge in [-0.25, -0.2) is 9.97 Å². The molecular weight excluding hydrogens is 482 g/mol. The lowest BCUT2D eigenvalue weighted by Gasteiger charge is -2.29. The van der Waals surface area contributed by atoms with Crippen molar-refractivity contribution in [3.8, 4) is 0 Å². The van der Waals surface area contributed by atoms with E-state index in [0.29, 0.717) is 24.7 Å². The Balaban J connectivity index is 1.30. The Morgan fingerprint density at radius 3 is 2.66 bits per heavy atom. The maximum Gasteiger partial charge on any atom is 0.271 e. The van der Waals surface area contributed by atoms with E-state index in [0.717, 1.165) is 55.1 Å². The highest BCUT2D eigenvalue weighted by atomic mass is 16.2. The zero-order chi connectivity index (χ0) is 27.2. The molecule has 202 valence electrons. The van der Waals surface area contributed by atoms with Gasteiger partial charge in [-0.3, -0.25) is 19.3 Å². The number of nitrogens with one attached hydrogen (secondary N) is 2. The van der Waals surface area contributed by atoms with Crippen LogP contribution in [0.15, 0.2) is 36.4 Å². The van der Waals surface area contributed by atoms with Crippen LogP contribution in [-0.2, 0) is 16.0 Å². The summed E-state index contributed by atoms with van der Waals surface area (Å²) in [6.07, 6.45) is 7.34. The minimum absolute atomic E-state index is 0.118. The van der Waals surface area contributed by atoms with Gasteiger partial charge >= 0.3 is 0 Å². The van der Waals surface area contributed by atoms with Gasteiger partial charge in [0.2, 0.25) is 11.8 Å². The van der Waals surface area contributed by atoms with Crippen molar-refractivity contribution in [2.24, 2.45) is 5.73 Å². The second-order valence-corrected chi connectivity index (χ2v) is 10.1. The summed E-state index contributed by atoms with van der Waals surface area (Å²) < 4.78 is 0. The number of rotatable bonds is 12. The molecule has 4 rings (SSSR count). The van der Waals surface area contributed by atoms with Gasteiger partial charge < -0.3 is 21.3 Å². The second kappa shape index (κ2) is 12.2. The molecule has 4 N–H and O–H groups in total. The van der Waals surface area contributed by atoms with Crippen LogP contribution >= 0.6 is 0 Å². The van der Waals surface area contributed by atoms with Gasteiger partial charge in [-0.1, -0.05) is 18.2 Å². The van der Waals surface area contributed by atoms with Crippen molar-refractivity contribution in [2.75, 3.05) is 38.5 Å². The number of nitrogens with zero attached hydrogens (tertiary/aromatic N) is 4. The number of nitrogens with two attached hydrogens (primary N) is 1. The van der Waals surface area contributed by atoms with Gasteiger partial charge in [0.05, 0.1) is 11.4 Å². The zero-order valence-corrected chi connectivity index (χ0v) is 22.4. The first-order valence-electron chi connectivity index (χ1n) is 13.2. The van der Waals surface area contributed by atoms with Gasteiger partial charge in [-0.15, -0.1) is 0 Å². The predicted molar refractivity (Wildman–Crippen MR) is 146 cm³/mol. The minimum atomic E-state index is -0.631. The maximum atomic E-state index is 12.6. The highest BCUT2D eigenvalue weighted by molar-refractivity contribution is 5.96. The van der Waals surface area contributed by atoms with Crippen LogP contribution in [0.3, 0.4) is 0 Å². The predicted octanol–water partition coefficient (Wildman–Crippen LogP) is 2.27. The summed E-state index contributed by atoms with van der Waals surface area (Å²) in [6, 6.07) is 7.09. The molecule has 1 aliphatic heterocycles. The number of hydrogen-bond acceptors (Lipinski definition) is 7. The molecule has 38 heavy (non-hydrogen) atoms. The van der Waals surface area contributed by atoms with Gasteiger partial charge in [0.15, 0.2) is 11.5 Å². The number of hydrogen-bond donors (Lipinski definition) is 3. The number of aryl methyl sites for hydroxylation is 1. The number of carbonyl (C=O) groups excluding carboxylic acids is 3. The van der Waals surface area contributed by atoms with E-state index in [1.165, 1.54) is 17.4 Å². The van der Waals surface area contributed by atoms with Gasteiger partial charge in [0.1, 0.15) is 6.04 Å². The lowest BCUT2D eigenvalue weighted by Crippen LogP contribution is -2.46. The molecule has 1 saturated heterocycles. The summed E-state index contributed by atoms with van der Waals surface area (Å²) in [6.45, 7) is 6.89. The summed E-state index contributed by atoms with van der Waals surface area (Å²) >= 11 is 0. The fraction of sp³-hybridized carbons (Fsp3) is 0.464. The lowest BCUT2D eigenvalue weighted by atomic mass is 10.1. The largest absolute Gasteiger partial charge is 0.364 e. The first-order chi connectivity index (χ1) is 18.2. The van der Waals surface area contributed by atoms with Crippen LogP contribution in [-0.4, -0.2) is 76.8 Å². The van der Waals surface area contributed by atoms with E-state index in [4.69, 9.17) is 5.73 Å². The zero-order valence-electron chi connectivity index (χ0n) is 22.4. The van der Waals surface area contributed by atoms with E-state index in [1.54, 1.807) is 14.0 Å². The van der Waals surface area contributed by atoms with Crippen LogP contribution in [0.1, 0.15) is 59.5 Å². The number of amides is 3. The standard InChI is InChI=1S/C28H37N7O3/c1-18-24(21-10-11-21)33-27(25(31-18)26(29)37)32-22-8-4-7-20(17-22)12-13-30-28(38)19(2)34(3)23(36)9-5-14-35-15-6-16-35/h4-5,7-9,17,19,21H,6,10-16H2,1-3H3,(H2,29,37)(H,30,38)(H,32,33)/b9-5+/t19-/m0/s1. The molecule has 1 atom stereocenters. The smallest absolute Gasteiger partial charge is 0.271 e. The van der Waals surface area contributed by atoms with E-state index in [9.17, 15) is 14.4 Å². The van der Waals surface area contributed by atoms with Crippen molar-refractivity contribution in [1.82, 2.24) is 25.1 Å². The monoisotopic (exact) mass is 519 g/mol. The average Bonchev–Trinajstić information content (AvgIpc) is 3.70. The molecule has 0 radical (unpaired) electrons. The van der Waals surface area contributed by atoms with Crippen LogP contribution in [0.4, 0.5) is 11.5 Å². The number of likely N-dealkylation sites (tertiary alicyclic amines) is 1. The molecule has 2 fully saturated rings. The van der Waals surface area contributed by atoms with Crippen LogP contribution in [0.5, 0.6) is 0 Å². The quantitative estimate of drug-likeness (QED) is 0.366. The fourth-order valence-electron chi connectivity index (χ4n) is 4.30. The molecule has 10 heteroatoms. The van der Waals surface area contributed by atoms with E-state index in [2.05, 4.69) is 25.5 Å². The molecule has 0 bridgehead atoms. The third-order valence-electron chi connectivity index (χ3n) is 7.09. The molecule has 1 aromatic carbocycles. The topological polar surface area (TPSA) is 134 Å². The molecule has 3 amide bonds. The number of aromatic nitrogens is 2. The Hall–Kier alpha value is -3.79. The Kier molecular flexibility index (Phi) is 8.73. The number of benzene rings is 1. The Morgan fingerprint density at radius 2 is 2.00 bits per heavy atom. The first-order valence-corrected chi connectivity index (χ1v) is 13.2. The Morgan fingerprint density at radius 1 is 1.24 bits per heavy atom. The van der Waals surface area contributed by atoms with E-state index < -0.39 is 11.9 Å². The summed E-state index contributed by atoms with van der Waals surface area (Å²) in [4.78, 5) is 49.8. The molecule has 0 spiro atoms. The highest BCUT2D eigenvalue weighted by Crippen LogP contribution is 2.41. The molecule has 2 aliphatic rings. The van der Waals surface area contributed by atoms with Gasteiger partial charge in [0, 0.05) is 37.8 Å². The van der Waals surface area contributed by atoms with E-state index in [-0.39, 0.29) is 17.5 Å². The number of anilines is 2. The van der Waals surface area contributed by atoms with Crippen molar-refractivity contribution in [3.05, 3.63) is 59.1 Å². The van der Waals surface area contributed by atoms with Gasteiger partial charge in [0.25, 0.3) is 5.91 Å². The van der Waals surface area contributed by atoms with E-state index in [1.807, 2.05) is 37.3 Å². The van der Waals surface area contributed by atoms with Crippen LogP contribution in [0.25, 0.3) is 0 Å². The van der Waals surface area contributed by atoms with Crippen molar-refractivity contribution in [2.45, 2.75) is 51.5 Å². The van der Waals surface area contributed by atoms with Crippen molar-refractivity contribution in [3.63, 3.8) is 0 Å². The molecule has 10 nitrogen and oxygen atoms in total. The third-order valence-corrected chi connectivity index (χ3v) is 7.09. The van der Waals surface area contributed by atoms with Gasteiger partial charge in [-0.2, -0.15) is 0 Å². The highest BCUT2D eigenvalue weighted by Gasteiger charge is 2.29. The fourth-order valence-corrected chi connectivity index (χ4v) is 4.30.